The first kappa shape index (κ1) is 15.4. The average Bonchev–Trinajstić information content (AvgIpc) is 2.46. The molecule has 0 atom stereocenters. The smallest absolute Gasteiger partial charge is 0.0120 e. The van der Waals surface area contributed by atoms with Crippen molar-refractivity contribution in [1.82, 2.24) is 9.21 Å². The zero-order chi connectivity index (χ0) is 13.8. The van der Waals surface area contributed by atoms with Gasteiger partial charge in [-0.05, 0) is 56.9 Å². The van der Waals surface area contributed by atoms with Gasteiger partial charge in [0.2, 0.25) is 0 Å². The Balaban J connectivity index is 1.76. The molecule has 0 bridgehead atoms. The predicted molar refractivity (Wildman–Crippen MR) is 86.4 cm³/mol. The molecule has 0 spiro atoms. The summed E-state index contributed by atoms with van der Waals surface area (Å²) in [6.45, 7) is 14.0. The monoisotopic (exact) mass is 282 g/mol. The van der Waals surface area contributed by atoms with Crippen LogP contribution in [0.1, 0.15) is 39.5 Å². The highest BCUT2D eigenvalue weighted by atomic mass is 32.2. The first-order valence-corrected chi connectivity index (χ1v) is 9.01. The van der Waals surface area contributed by atoms with Gasteiger partial charge in [-0.25, -0.2) is 0 Å². The highest BCUT2D eigenvalue weighted by Crippen LogP contribution is 2.31. The quantitative estimate of drug-likeness (QED) is 0.574. The summed E-state index contributed by atoms with van der Waals surface area (Å²) in [6.07, 6.45) is 7.58. The fourth-order valence-electron chi connectivity index (χ4n) is 3.50. The Kier molecular flexibility index (Phi) is 5.79. The standard InChI is InChI=1S/C16H30N2S/c1-13(2)14(3)15-5-9-17(10-6-15)16-7-11-18(19-4)12-8-16/h13,15-16H,3,5-12H2,1-2,4H3. The number of piperidine rings is 2. The van der Waals surface area contributed by atoms with Crippen molar-refractivity contribution in [2.24, 2.45) is 11.8 Å². The van der Waals surface area contributed by atoms with E-state index in [0.29, 0.717) is 5.92 Å². The molecule has 2 fully saturated rings. The Hall–Kier alpha value is 0.0100. The normalized spacial score (nSPS) is 25.1. The lowest BCUT2D eigenvalue weighted by Crippen LogP contribution is -2.46. The van der Waals surface area contributed by atoms with E-state index >= 15 is 0 Å². The van der Waals surface area contributed by atoms with E-state index in [1.165, 1.54) is 57.4 Å². The van der Waals surface area contributed by atoms with E-state index in [1.54, 1.807) is 0 Å². The van der Waals surface area contributed by atoms with Gasteiger partial charge in [0.25, 0.3) is 0 Å². The lowest BCUT2D eigenvalue weighted by atomic mass is 9.83. The number of rotatable bonds is 4. The van der Waals surface area contributed by atoms with Gasteiger partial charge in [-0.1, -0.05) is 37.9 Å². The number of allylic oxidation sites excluding steroid dienone is 1. The average molecular weight is 282 g/mol. The van der Waals surface area contributed by atoms with Crippen molar-refractivity contribution >= 4 is 11.9 Å². The van der Waals surface area contributed by atoms with Gasteiger partial charge in [0.05, 0.1) is 0 Å². The van der Waals surface area contributed by atoms with Crippen molar-refractivity contribution in [3.8, 4) is 0 Å². The Morgan fingerprint density at radius 2 is 1.63 bits per heavy atom. The number of hydrogen-bond acceptors (Lipinski definition) is 3. The summed E-state index contributed by atoms with van der Waals surface area (Å²) in [5.41, 5.74) is 1.48. The van der Waals surface area contributed by atoms with Crippen LogP contribution in [0.15, 0.2) is 12.2 Å². The van der Waals surface area contributed by atoms with Crippen molar-refractivity contribution in [2.45, 2.75) is 45.6 Å². The maximum absolute atomic E-state index is 4.31. The predicted octanol–water partition coefficient (Wildman–Crippen LogP) is 3.65. The lowest BCUT2D eigenvalue weighted by molar-refractivity contribution is 0.104. The lowest BCUT2D eigenvalue weighted by Gasteiger charge is -2.42. The fraction of sp³-hybridized carbons (Fsp3) is 0.875. The molecule has 19 heavy (non-hydrogen) atoms. The molecular weight excluding hydrogens is 252 g/mol. The molecule has 2 saturated heterocycles. The maximum atomic E-state index is 4.31. The first-order valence-electron chi connectivity index (χ1n) is 7.83. The van der Waals surface area contributed by atoms with E-state index in [0.717, 1.165) is 12.0 Å². The zero-order valence-electron chi connectivity index (χ0n) is 12.9. The largest absolute Gasteiger partial charge is 0.300 e. The van der Waals surface area contributed by atoms with Crippen molar-refractivity contribution in [2.75, 3.05) is 32.4 Å². The molecule has 0 aromatic heterocycles. The van der Waals surface area contributed by atoms with Crippen LogP contribution in [0, 0.1) is 11.8 Å². The van der Waals surface area contributed by atoms with Crippen LogP contribution in [0.2, 0.25) is 0 Å². The number of nitrogens with zero attached hydrogens (tertiary/aromatic N) is 2. The van der Waals surface area contributed by atoms with Crippen molar-refractivity contribution in [3.05, 3.63) is 12.2 Å². The third-order valence-corrected chi connectivity index (χ3v) is 5.88. The van der Waals surface area contributed by atoms with Gasteiger partial charge in [-0.15, -0.1) is 0 Å². The third-order valence-electron chi connectivity index (χ3n) is 4.99. The second-order valence-electron chi connectivity index (χ2n) is 6.38. The molecule has 0 unspecified atom stereocenters. The molecule has 2 aliphatic rings. The minimum atomic E-state index is 0.654. The zero-order valence-corrected chi connectivity index (χ0v) is 13.7. The van der Waals surface area contributed by atoms with Gasteiger partial charge in [0.1, 0.15) is 0 Å². The summed E-state index contributed by atoms with van der Waals surface area (Å²) in [7, 11) is 0. The maximum Gasteiger partial charge on any atom is 0.0120 e. The van der Waals surface area contributed by atoms with Crippen LogP contribution in [-0.2, 0) is 0 Å². The summed E-state index contributed by atoms with van der Waals surface area (Å²) in [6, 6.07) is 0.844. The van der Waals surface area contributed by atoms with Crippen LogP contribution in [-0.4, -0.2) is 47.7 Å². The molecule has 0 N–H and O–H groups in total. The van der Waals surface area contributed by atoms with Gasteiger partial charge in [0.15, 0.2) is 0 Å². The molecular formula is C16H30N2S. The van der Waals surface area contributed by atoms with Crippen molar-refractivity contribution in [1.29, 1.82) is 0 Å². The van der Waals surface area contributed by atoms with E-state index in [4.69, 9.17) is 0 Å². The Morgan fingerprint density at radius 1 is 1.05 bits per heavy atom. The summed E-state index contributed by atoms with van der Waals surface area (Å²) in [4.78, 5) is 2.75. The van der Waals surface area contributed by atoms with E-state index < -0.39 is 0 Å². The molecule has 2 nitrogen and oxygen atoms in total. The summed E-state index contributed by atoms with van der Waals surface area (Å²) >= 11 is 1.91. The van der Waals surface area contributed by atoms with Gasteiger partial charge < -0.3 is 4.90 Å². The highest BCUT2D eigenvalue weighted by Gasteiger charge is 2.29. The molecule has 0 radical (unpaired) electrons. The van der Waals surface area contributed by atoms with Gasteiger partial charge >= 0.3 is 0 Å². The molecule has 2 aliphatic heterocycles. The molecule has 0 aliphatic carbocycles. The van der Waals surface area contributed by atoms with Crippen LogP contribution in [0.25, 0.3) is 0 Å². The Bertz CT molecular complexity index is 287. The van der Waals surface area contributed by atoms with Gasteiger partial charge in [-0.2, -0.15) is 0 Å². The molecule has 2 rings (SSSR count). The summed E-state index contributed by atoms with van der Waals surface area (Å²) in [5.74, 6) is 1.43. The molecule has 0 aromatic carbocycles. The highest BCUT2D eigenvalue weighted by molar-refractivity contribution is 7.96. The minimum Gasteiger partial charge on any atom is -0.300 e. The second-order valence-corrected chi connectivity index (χ2v) is 7.26. The van der Waals surface area contributed by atoms with Crippen molar-refractivity contribution in [3.63, 3.8) is 0 Å². The molecule has 3 heteroatoms. The third kappa shape index (κ3) is 3.99. The van der Waals surface area contributed by atoms with E-state index in [2.05, 4.69) is 35.9 Å². The Morgan fingerprint density at radius 3 is 2.11 bits per heavy atom. The van der Waals surface area contributed by atoms with Crippen LogP contribution in [0.3, 0.4) is 0 Å². The Labute approximate surface area is 123 Å². The summed E-state index contributed by atoms with van der Waals surface area (Å²) in [5, 5.41) is 0. The van der Waals surface area contributed by atoms with Crippen molar-refractivity contribution < 1.29 is 0 Å². The minimum absolute atomic E-state index is 0.654. The summed E-state index contributed by atoms with van der Waals surface area (Å²) < 4.78 is 2.50. The van der Waals surface area contributed by atoms with Crippen LogP contribution in [0.4, 0.5) is 0 Å². The molecule has 0 amide bonds. The van der Waals surface area contributed by atoms with Crippen LogP contribution >= 0.6 is 11.9 Å². The van der Waals surface area contributed by atoms with Crippen LogP contribution in [0.5, 0.6) is 0 Å². The first-order chi connectivity index (χ1) is 9.11. The van der Waals surface area contributed by atoms with E-state index in [-0.39, 0.29) is 0 Å². The van der Waals surface area contributed by atoms with E-state index in [1.807, 2.05) is 11.9 Å². The SMILES string of the molecule is C=C(C(C)C)C1CCN(C2CCN(SC)CC2)CC1. The molecule has 0 saturated carbocycles. The molecule has 2 heterocycles. The van der Waals surface area contributed by atoms with Gasteiger partial charge in [0, 0.05) is 19.1 Å². The number of hydrogen-bond donors (Lipinski definition) is 0. The second kappa shape index (κ2) is 7.14. The van der Waals surface area contributed by atoms with E-state index in [9.17, 15) is 0 Å². The topological polar surface area (TPSA) is 6.48 Å². The fourth-order valence-corrected chi connectivity index (χ4v) is 4.07. The number of likely N-dealkylation sites (tertiary alicyclic amines) is 1. The van der Waals surface area contributed by atoms with Gasteiger partial charge in [-0.3, -0.25) is 4.31 Å². The van der Waals surface area contributed by atoms with Crippen LogP contribution < -0.4 is 0 Å². The molecule has 110 valence electrons. The molecule has 0 aromatic rings.